The van der Waals surface area contributed by atoms with E-state index in [0.717, 1.165) is 0 Å². The molecule has 0 aromatic heterocycles. The van der Waals surface area contributed by atoms with Crippen molar-refractivity contribution in [1.82, 2.24) is 10.6 Å². The summed E-state index contributed by atoms with van der Waals surface area (Å²) in [6.07, 6.45) is 1.45. The number of carbonyl (C=O) groups is 2. The monoisotopic (exact) mass is 307 g/mol. The Morgan fingerprint density at radius 3 is 2.71 bits per heavy atom. The molecule has 0 unspecified atom stereocenters. The van der Waals surface area contributed by atoms with Crippen LogP contribution in [-0.2, 0) is 4.79 Å². The quantitative estimate of drug-likeness (QED) is 0.647. The topological polar surface area (TPSA) is 100 Å². The zero-order valence-electron chi connectivity index (χ0n) is 10.9. The summed E-state index contributed by atoms with van der Waals surface area (Å²) >= 11 is 6.07. The van der Waals surface area contributed by atoms with Crippen LogP contribution in [0.15, 0.2) is 17.8 Å². The second-order valence-corrected chi connectivity index (χ2v) is 4.35. The van der Waals surface area contributed by atoms with Crippen molar-refractivity contribution in [1.29, 1.82) is 5.26 Å². The number of benzene rings is 1. The van der Waals surface area contributed by atoms with Crippen LogP contribution in [0, 0.1) is 11.3 Å². The van der Waals surface area contributed by atoms with E-state index in [-0.39, 0.29) is 23.1 Å². The summed E-state index contributed by atoms with van der Waals surface area (Å²) in [6, 6.07) is 4.35. The molecular formula is C13H10ClN3O4. The second-order valence-electron chi connectivity index (χ2n) is 3.95. The SMILES string of the molecule is COc1cc(/C=C2/NC(=O)NC2=O)cc(Cl)c1OCC#N. The molecular weight excluding hydrogens is 298 g/mol. The summed E-state index contributed by atoms with van der Waals surface area (Å²) in [5.74, 6) is 0.0250. The van der Waals surface area contributed by atoms with Gasteiger partial charge >= 0.3 is 6.03 Å². The first kappa shape index (κ1) is 14.7. The predicted octanol–water partition coefficient (Wildman–Crippen LogP) is 1.43. The van der Waals surface area contributed by atoms with Crippen LogP contribution in [0.1, 0.15) is 5.56 Å². The minimum atomic E-state index is -0.585. The Hall–Kier alpha value is -2.72. The summed E-state index contributed by atoms with van der Waals surface area (Å²) in [5, 5.41) is 13.2. The number of urea groups is 1. The van der Waals surface area contributed by atoms with Crippen molar-refractivity contribution in [3.63, 3.8) is 0 Å². The van der Waals surface area contributed by atoms with E-state index in [1.165, 1.54) is 19.3 Å². The van der Waals surface area contributed by atoms with Crippen LogP contribution >= 0.6 is 11.6 Å². The van der Waals surface area contributed by atoms with Gasteiger partial charge in [0.15, 0.2) is 18.1 Å². The van der Waals surface area contributed by atoms with Crippen molar-refractivity contribution >= 4 is 29.6 Å². The van der Waals surface area contributed by atoms with Crippen LogP contribution in [0.5, 0.6) is 11.5 Å². The number of halogens is 1. The molecule has 1 aromatic rings. The highest BCUT2D eigenvalue weighted by Crippen LogP contribution is 2.36. The van der Waals surface area contributed by atoms with Gasteiger partial charge in [-0.3, -0.25) is 10.1 Å². The van der Waals surface area contributed by atoms with E-state index in [2.05, 4.69) is 10.6 Å². The standard InChI is InChI=1S/C13H10ClN3O4/c1-20-10-6-7(4-8(14)11(10)21-3-2-15)5-9-12(18)17-13(19)16-9/h4-6H,3H2,1H3,(H2,16,17,18,19)/b9-5+. The number of nitrogens with zero attached hydrogens (tertiary/aromatic N) is 1. The van der Waals surface area contributed by atoms with Crippen LogP contribution in [-0.4, -0.2) is 25.7 Å². The van der Waals surface area contributed by atoms with E-state index in [9.17, 15) is 9.59 Å². The number of rotatable bonds is 4. The number of hydrogen-bond acceptors (Lipinski definition) is 5. The molecule has 21 heavy (non-hydrogen) atoms. The number of methoxy groups -OCH3 is 1. The largest absolute Gasteiger partial charge is 0.493 e. The molecule has 0 spiro atoms. The minimum Gasteiger partial charge on any atom is -0.493 e. The lowest BCUT2D eigenvalue weighted by molar-refractivity contribution is -0.115. The van der Waals surface area contributed by atoms with Crippen LogP contribution < -0.4 is 20.1 Å². The Labute approximate surface area is 125 Å². The van der Waals surface area contributed by atoms with Crippen molar-refractivity contribution in [2.45, 2.75) is 0 Å². The molecule has 1 aromatic carbocycles. The van der Waals surface area contributed by atoms with E-state index in [0.29, 0.717) is 11.3 Å². The van der Waals surface area contributed by atoms with Gasteiger partial charge < -0.3 is 14.8 Å². The average Bonchev–Trinajstić information content (AvgIpc) is 2.75. The van der Waals surface area contributed by atoms with Crippen molar-refractivity contribution < 1.29 is 19.1 Å². The molecule has 1 aliphatic heterocycles. The lowest BCUT2D eigenvalue weighted by Crippen LogP contribution is -2.22. The number of carbonyl (C=O) groups excluding carboxylic acids is 2. The Bertz CT molecular complexity index is 679. The van der Waals surface area contributed by atoms with E-state index in [1.54, 1.807) is 6.07 Å². The Morgan fingerprint density at radius 2 is 2.14 bits per heavy atom. The first-order chi connectivity index (χ1) is 10.0. The Morgan fingerprint density at radius 1 is 1.38 bits per heavy atom. The van der Waals surface area contributed by atoms with Gasteiger partial charge in [0.25, 0.3) is 5.91 Å². The van der Waals surface area contributed by atoms with Gasteiger partial charge in [-0.2, -0.15) is 5.26 Å². The number of ether oxygens (including phenoxy) is 2. The molecule has 2 rings (SSSR count). The Kier molecular flexibility index (Phi) is 4.30. The fourth-order valence-electron chi connectivity index (χ4n) is 1.72. The normalized spacial score (nSPS) is 15.4. The lowest BCUT2D eigenvalue weighted by atomic mass is 10.1. The Balaban J connectivity index is 2.37. The molecule has 1 aliphatic rings. The number of nitriles is 1. The summed E-state index contributed by atoms with van der Waals surface area (Å²) in [4.78, 5) is 22.5. The summed E-state index contributed by atoms with van der Waals surface area (Å²) in [7, 11) is 1.42. The van der Waals surface area contributed by atoms with Crippen LogP contribution in [0.4, 0.5) is 4.79 Å². The smallest absolute Gasteiger partial charge is 0.326 e. The highest BCUT2D eigenvalue weighted by Gasteiger charge is 2.23. The number of imide groups is 1. The molecule has 1 heterocycles. The first-order valence-electron chi connectivity index (χ1n) is 5.76. The van der Waals surface area contributed by atoms with Crippen LogP contribution in [0.25, 0.3) is 6.08 Å². The van der Waals surface area contributed by atoms with Crippen LogP contribution in [0.3, 0.4) is 0 Å². The van der Waals surface area contributed by atoms with Gasteiger partial charge in [-0.15, -0.1) is 0 Å². The minimum absolute atomic E-state index is 0.101. The predicted molar refractivity (Wildman–Crippen MR) is 73.8 cm³/mol. The fraction of sp³-hybridized carbons (Fsp3) is 0.154. The third-order valence-electron chi connectivity index (χ3n) is 2.56. The zero-order chi connectivity index (χ0) is 15.4. The maximum Gasteiger partial charge on any atom is 0.326 e. The maximum absolute atomic E-state index is 11.4. The van der Waals surface area contributed by atoms with Crippen molar-refractivity contribution in [2.75, 3.05) is 13.7 Å². The van der Waals surface area contributed by atoms with E-state index in [1.807, 2.05) is 6.07 Å². The molecule has 8 heteroatoms. The molecule has 0 radical (unpaired) electrons. The van der Waals surface area contributed by atoms with Gasteiger partial charge in [0.2, 0.25) is 0 Å². The summed E-state index contributed by atoms with van der Waals surface area (Å²) in [5.41, 5.74) is 0.636. The number of amides is 3. The van der Waals surface area contributed by atoms with E-state index in [4.69, 9.17) is 26.3 Å². The fourth-order valence-corrected chi connectivity index (χ4v) is 1.99. The highest BCUT2D eigenvalue weighted by atomic mass is 35.5. The second kappa shape index (κ2) is 6.15. The molecule has 3 amide bonds. The molecule has 108 valence electrons. The van der Waals surface area contributed by atoms with Gasteiger partial charge in [0, 0.05) is 0 Å². The summed E-state index contributed by atoms with van der Waals surface area (Å²) < 4.78 is 10.3. The highest BCUT2D eigenvalue weighted by molar-refractivity contribution is 6.32. The molecule has 0 bridgehead atoms. The molecule has 1 saturated heterocycles. The van der Waals surface area contributed by atoms with E-state index >= 15 is 0 Å². The number of nitrogens with one attached hydrogen (secondary N) is 2. The molecule has 1 fully saturated rings. The van der Waals surface area contributed by atoms with Crippen molar-refractivity contribution in [3.05, 3.63) is 28.4 Å². The third-order valence-corrected chi connectivity index (χ3v) is 2.84. The van der Waals surface area contributed by atoms with E-state index < -0.39 is 11.9 Å². The molecule has 2 N–H and O–H groups in total. The molecule has 0 aliphatic carbocycles. The molecule has 0 atom stereocenters. The first-order valence-corrected chi connectivity index (χ1v) is 6.14. The van der Waals surface area contributed by atoms with Gasteiger partial charge in [-0.25, -0.2) is 4.79 Å². The molecule has 7 nitrogen and oxygen atoms in total. The van der Waals surface area contributed by atoms with Gasteiger partial charge in [0.05, 0.1) is 12.1 Å². The third kappa shape index (κ3) is 3.24. The maximum atomic E-state index is 11.4. The van der Waals surface area contributed by atoms with Crippen LogP contribution in [0.2, 0.25) is 5.02 Å². The molecule has 0 saturated carbocycles. The average molecular weight is 308 g/mol. The van der Waals surface area contributed by atoms with Gasteiger partial charge in [-0.1, -0.05) is 11.6 Å². The lowest BCUT2D eigenvalue weighted by Gasteiger charge is -2.11. The van der Waals surface area contributed by atoms with Crippen molar-refractivity contribution in [3.8, 4) is 17.6 Å². The van der Waals surface area contributed by atoms with Crippen molar-refractivity contribution in [2.24, 2.45) is 0 Å². The van der Waals surface area contributed by atoms with Gasteiger partial charge in [0.1, 0.15) is 11.8 Å². The number of hydrogen-bond donors (Lipinski definition) is 2. The van der Waals surface area contributed by atoms with Gasteiger partial charge in [-0.05, 0) is 23.8 Å². The zero-order valence-corrected chi connectivity index (χ0v) is 11.7. The summed E-state index contributed by atoms with van der Waals surface area (Å²) in [6.45, 7) is -0.172.